The molecule has 0 aliphatic heterocycles. The van der Waals surface area contributed by atoms with Crippen LogP contribution in [0.3, 0.4) is 0 Å². The lowest BCUT2D eigenvalue weighted by Gasteiger charge is -1.68. The lowest BCUT2D eigenvalue weighted by molar-refractivity contribution is 0.886. The summed E-state index contributed by atoms with van der Waals surface area (Å²) in [4.78, 5) is 0. The van der Waals surface area contributed by atoms with Gasteiger partial charge in [0.1, 0.15) is 0 Å². The highest BCUT2D eigenvalue weighted by atomic mass is 13.7. The fraction of sp³-hybridized carbons (Fsp3) is 0.850. The molecule has 0 radical (unpaired) electrons. The van der Waals surface area contributed by atoms with Gasteiger partial charge in [-0.1, -0.05) is 226 Å². The van der Waals surface area contributed by atoms with Crippen molar-refractivity contribution >= 4 is 0 Å². The van der Waals surface area contributed by atoms with Crippen LogP contribution in [0.4, 0.5) is 0 Å². The molecule has 0 amide bonds. The van der Waals surface area contributed by atoms with Crippen molar-refractivity contribution in [2.45, 2.75) is 227 Å². The molecule has 0 aliphatic rings. The van der Waals surface area contributed by atoms with Crippen molar-refractivity contribution < 1.29 is 0 Å². The van der Waals surface area contributed by atoms with Crippen molar-refractivity contribution in [1.82, 2.24) is 0 Å². The predicted molar refractivity (Wildman–Crippen MR) is 206 cm³/mol. The zero-order valence-electron chi connectivity index (χ0n) is 32.9. The Bertz CT molecular complexity index is 166. The van der Waals surface area contributed by atoms with Gasteiger partial charge in [-0.05, 0) is 19.3 Å². The van der Waals surface area contributed by atoms with Crippen LogP contribution in [-0.2, 0) is 0 Å². The minimum atomic E-state index is 1.08. The van der Waals surface area contributed by atoms with Crippen LogP contribution in [0.25, 0.3) is 0 Å². The van der Waals surface area contributed by atoms with Gasteiger partial charge < -0.3 is 0 Å². The van der Waals surface area contributed by atoms with Gasteiger partial charge in [-0.25, -0.2) is 0 Å². The van der Waals surface area contributed by atoms with E-state index in [1.807, 2.05) is 18.2 Å². The summed E-state index contributed by atoms with van der Waals surface area (Å²) in [5.74, 6) is 0. The van der Waals surface area contributed by atoms with Crippen molar-refractivity contribution in [1.29, 1.82) is 0 Å². The molecule has 0 heterocycles. The molecule has 0 atom stereocenters. The highest BCUT2D eigenvalue weighted by Crippen LogP contribution is 1.79. The van der Waals surface area contributed by atoms with Crippen molar-refractivity contribution in [3.8, 4) is 0 Å². The minimum absolute atomic E-state index is 1.08. The van der Waals surface area contributed by atoms with E-state index < -0.39 is 0 Å². The average molecular weight is 575 g/mol. The maximum absolute atomic E-state index is 3.48. The number of rotatable bonds is 10. The molecule has 0 saturated carbocycles. The van der Waals surface area contributed by atoms with Gasteiger partial charge in [0.25, 0.3) is 0 Å². The summed E-state index contributed by atoms with van der Waals surface area (Å²) in [7, 11) is 0. The molecule has 0 spiro atoms. The van der Waals surface area contributed by atoms with Crippen LogP contribution in [0.5, 0.6) is 0 Å². The number of allylic oxidation sites excluding steroid dienone is 3. The van der Waals surface area contributed by atoms with Crippen molar-refractivity contribution in [2.75, 3.05) is 0 Å². The van der Waals surface area contributed by atoms with Crippen LogP contribution >= 0.6 is 0 Å². The van der Waals surface area contributed by atoms with Gasteiger partial charge in [-0.15, -0.1) is 19.7 Å². The van der Waals surface area contributed by atoms with Crippen molar-refractivity contribution in [3.63, 3.8) is 0 Å². The number of unbranched alkanes of at least 4 members (excludes halogenated alkanes) is 7. The van der Waals surface area contributed by atoms with Crippen LogP contribution in [-0.4, -0.2) is 0 Å². The van der Waals surface area contributed by atoms with Crippen molar-refractivity contribution in [2.24, 2.45) is 0 Å². The first-order valence-corrected chi connectivity index (χ1v) is 18.0. The standard InChI is InChI=1S/7C4H10.3C4H8/c10*1-3-4-2/h7*3-4H2,1-2H3;3*3H,1,4H2,2H3. The topological polar surface area (TPSA) is 0 Å². The first-order valence-electron chi connectivity index (χ1n) is 18.0. The maximum atomic E-state index is 3.48. The summed E-state index contributed by atoms with van der Waals surface area (Å²) < 4.78 is 0. The molecule has 0 bridgehead atoms. The van der Waals surface area contributed by atoms with Gasteiger partial charge in [0.05, 0.1) is 0 Å². The Hall–Kier alpha value is -0.780. The van der Waals surface area contributed by atoms with Gasteiger partial charge in [0.15, 0.2) is 0 Å². The Morgan fingerprint density at radius 1 is 0.225 bits per heavy atom. The van der Waals surface area contributed by atoms with E-state index in [9.17, 15) is 0 Å². The summed E-state index contributed by atoms with van der Waals surface area (Å²) in [5, 5.41) is 0. The number of hydrogen-bond donors (Lipinski definition) is 0. The molecular weight excluding hydrogens is 480 g/mol. The summed E-state index contributed by atoms with van der Waals surface area (Å²) in [6, 6.07) is 0. The van der Waals surface area contributed by atoms with E-state index in [1.54, 1.807) is 0 Å². The number of hydrogen-bond acceptors (Lipinski definition) is 0. The molecule has 0 nitrogen and oxygen atoms in total. The highest BCUT2D eigenvalue weighted by Gasteiger charge is 1.59. The highest BCUT2D eigenvalue weighted by molar-refractivity contribution is 4.60. The van der Waals surface area contributed by atoms with Gasteiger partial charge in [-0.3, -0.25) is 0 Å². The largest absolute Gasteiger partial charge is 0.103 e. The Kier molecular flexibility index (Phi) is 240. The quantitative estimate of drug-likeness (QED) is 0.228. The second-order valence-corrected chi connectivity index (χ2v) is 9.09. The summed E-state index contributed by atoms with van der Waals surface area (Å²) in [6.45, 7) is 47.2. The van der Waals surface area contributed by atoms with E-state index in [-0.39, 0.29) is 0 Å². The monoisotopic (exact) mass is 575 g/mol. The fourth-order valence-corrected chi connectivity index (χ4v) is 0. The zero-order valence-corrected chi connectivity index (χ0v) is 32.9. The van der Waals surface area contributed by atoms with E-state index in [4.69, 9.17) is 0 Å². The third kappa shape index (κ3) is 574. The second kappa shape index (κ2) is 143. The van der Waals surface area contributed by atoms with Crippen LogP contribution in [0.15, 0.2) is 38.0 Å². The summed E-state index contributed by atoms with van der Waals surface area (Å²) >= 11 is 0. The van der Waals surface area contributed by atoms with Crippen LogP contribution in [0.2, 0.25) is 0 Å². The smallest absolute Gasteiger partial charge is 0.0382 e. The van der Waals surface area contributed by atoms with Gasteiger partial charge >= 0.3 is 0 Å². The molecule has 0 aromatic carbocycles. The minimum Gasteiger partial charge on any atom is -0.103 e. The maximum Gasteiger partial charge on any atom is -0.0382 e. The molecule has 0 unspecified atom stereocenters. The molecule has 0 aliphatic carbocycles. The van der Waals surface area contributed by atoms with E-state index in [0.717, 1.165) is 19.3 Å². The summed E-state index contributed by atoms with van der Waals surface area (Å²) in [6.07, 6.45) is 27.3. The third-order valence-electron chi connectivity index (χ3n) is 4.37. The Labute approximate surface area is 264 Å². The predicted octanol–water partition coefficient (Wildman–Crippen LogP) is 17.4. The Morgan fingerprint density at radius 2 is 0.275 bits per heavy atom. The van der Waals surface area contributed by atoms with E-state index >= 15 is 0 Å². The van der Waals surface area contributed by atoms with E-state index in [2.05, 4.69) is 137 Å². The first kappa shape index (κ1) is 67.1. The Morgan fingerprint density at radius 3 is 0.275 bits per heavy atom. The van der Waals surface area contributed by atoms with E-state index in [0.29, 0.717) is 0 Å². The SMILES string of the molecule is C=CCC.C=CCC.C=CCC.CCCC.CCCC.CCCC.CCCC.CCCC.CCCC.CCCC. The van der Waals surface area contributed by atoms with E-state index in [1.165, 1.54) is 89.9 Å². The lowest BCUT2D eigenvalue weighted by atomic mass is 10.4. The molecule has 0 N–H and O–H groups in total. The molecule has 0 heteroatoms. The van der Waals surface area contributed by atoms with Crippen LogP contribution in [0.1, 0.15) is 227 Å². The fourth-order valence-electron chi connectivity index (χ4n) is 0. The zero-order chi connectivity index (χ0) is 34.1. The molecule has 0 fully saturated rings. The normalized spacial score (nSPS) is 7.12. The Balaban J connectivity index is -0.0000000312. The first-order chi connectivity index (χ1) is 19.1. The summed E-state index contributed by atoms with van der Waals surface area (Å²) in [5.41, 5.74) is 0. The molecular formula is C40H94. The molecule has 0 saturated heterocycles. The second-order valence-electron chi connectivity index (χ2n) is 9.09. The third-order valence-corrected chi connectivity index (χ3v) is 4.37. The van der Waals surface area contributed by atoms with Crippen LogP contribution < -0.4 is 0 Å². The lowest BCUT2D eigenvalue weighted by Crippen LogP contribution is -1.47. The molecule has 254 valence electrons. The molecule has 0 rings (SSSR count). The van der Waals surface area contributed by atoms with Crippen molar-refractivity contribution in [3.05, 3.63) is 38.0 Å². The van der Waals surface area contributed by atoms with Crippen LogP contribution in [0, 0.1) is 0 Å². The van der Waals surface area contributed by atoms with Gasteiger partial charge in [0, 0.05) is 0 Å². The average Bonchev–Trinajstić information content (AvgIpc) is 3.05. The van der Waals surface area contributed by atoms with Gasteiger partial charge in [-0.2, -0.15) is 0 Å². The molecule has 0 aromatic heterocycles. The van der Waals surface area contributed by atoms with Gasteiger partial charge in [0.2, 0.25) is 0 Å². The molecule has 40 heavy (non-hydrogen) atoms. The molecule has 0 aromatic rings.